The van der Waals surface area contributed by atoms with E-state index in [1.54, 1.807) is 30.3 Å². The number of phenolic OH excluding ortho intramolecular Hbond substituents is 1. The van der Waals surface area contributed by atoms with Gasteiger partial charge in [0.05, 0.1) is 29.2 Å². The lowest BCUT2D eigenvalue weighted by molar-refractivity contribution is -0.159. The summed E-state index contributed by atoms with van der Waals surface area (Å²) in [7, 11) is 2.92. The van der Waals surface area contributed by atoms with Gasteiger partial charge in [0.2, 0.25) is 5.78 Å². The summed E-state index contributed by atoms with van der Waals surface area (Å²) in [6.07, 6.45) is -0.219. The van der Waals surface area contributed by atoms with Crippen LogP contribution in [0.3, 0.4) is 0 Å². The standard InChI is InChI=1S/C30H28N2O9/c1-12(33)14-7-4-6-13(10-14)11-16-15-8-5-9-17(34)18(15)24(35)20-19(16)25(36)22-23(32(2)3)26(37)21(29(31)40)28(39)30(22,41)27(20)38/h4-11,19,22-23,25,34,36-38,41H,1-3H3,(H2,31,40)/b16-11+/t19-,22-,23+,25-,30-/m0/s1. The van der Waals surface area contributed by atoms with Crippen LogP contribution in [0.2, 0.25) is 0 Å². The molecule has 1 amide bonds. The van der Waals surface area contributed by atoms with Crippen LogP contribution in [0.25, 0.3) is 11.6 Å². The summed E-state index contributed by atoms with van der Waals surface area (Å²) in [5.41, 5.74) is 1.90. The van der Waals surface area contributed by atoms with E-state index in [-0.39, 0.29) is 22.5 Å². The van der Waals surface area contributed by atoms with Crippen LogP contribution in [-0.4, -0.2) is 85.5 Å². The van der Waals surface area contributed by atoms with Crippen LogP contribution in [0.15, 0.2) is 65.1 Å². The van der Waals surface area contributed by atoms with Gasteiger partial charge in [-0.2, -0.15) is 0 Å². The van der Waals surface area contributed by atoms with E-state index in [0.29, 0.717) is 11.1 Å². The molecule has 0 fully saturated rings. The van der Waals surface area contributed by atoms with Crippen LogP contribution in [-0.2, 0) is 9.59 Å². The third kappa shape index (κ3) is 3.85. The Balaban J connectivity index is 1.86. The number of aromatic hydroxyl groups is 1. The fraction of sp³-hybridized carbons (Fsp3) is 0.267. The number of likely N-dealkylation sites (N-methyl/N-ethyl adjacent to an activating group) is 1. The molecule has 0 unspecified atom stereocenters. The first-order valence-corrected chi connectivity index (χ1v) is 12.7. The third-order valence-corrected chi connectivity index (χ3v) is 8.15. The minimum Gasteiger partial charge on any atom is -0.510 e. The molecular weight excluding hydrogens is 532 g/mol. The second-order valence-electron chi connectivity index (χ2n) is 10.7. The van der Waals surface area contributed by atoms with Crippen molar-refractivity contribution in [2.45, 2.75) is 24.7 Å². The molecular formula is C30H28N2O9. The number of amides is 1. The Morgan fingerprint density at radius 2 is 1.71 bits per heavy atom. The molecule has 11 nitrogen and oxygen atoms in total. The van der Waals surface area contributed by atoms with Crippen molar-refractivity contribution in [3.8, 4) is 5.75 Å². The van der Waals surface area contributed by atoms with Gasteiger partial charge in [0.25, 0.3) is 5.91 Å². The highest BCUT2D eigenvalue weighted by atomic mass is 16.4. The Morgan fingerprint density at radius 1 is 1.05 bits per heavy atom. The van der Waals surface area contributed by atoms with Crippen molar-refractivity contribution in [3.63, 3.8) is 0 Å². The zero-order chi connectivity index (χ0) is 30.1. The van der Waals surface area contributed by atoms with E-state index < -0.39 is 75.5 Å². The van der Waals surface area contributed by atoms with Gasteiger partial charge in [0.1, 0.15) is 22.8 Å². The Hall–Kier alpha value is -4.58. The molecule has 0 aliphatic heterocycles. The van der Waals surface area contributed by atoms with Crippen LogP contribution in [0.4, 0.5) is 0 Å². The summed E-state index contributed by atoms with van der Waals surface area (Å²) < 4.78 is 0. The van der Waals surface area contributed by atoms with E-state index in [9.17, 15) is 44.7 Å². The maximum atomic E-state index is 13.8. The maximum absolute atomic E-state index is 13.8. The number of hydrogen-bond acceptors (Lipinski definition) is 10. The first kappa shape index (κ1) is 28.0. The molecule has 0 bridgehead atoms. The number of rotatable bonds is 4. The number of aliphatic hydroxyl groups is 4. The van der Waals surface area contributed by atoms with Crippen molar-refractivity contribution in [3.05, 3.63) is 87.4 Å². The van der Waals surface area contributed by atoms with Gasteiger partial charge in [-0.1, -0.05) is 36.4 Å². The molecule has 5 rings (SSSR count). The summed E-state index contributed by atoms with van der Waals surface area (Å²) in [4.78, 5) is 52.9. The lowest BCUT2D eigenvalue weighted by Crippen LogP contribution is -2.68. The monoisotopic (exact) mass is 560 g/mol. The minimum absolute atomic E-state index is 0.204. The van der Waals surface area contributed by atoms with Gasteiger partial charge >= 0.3 is 0 Å². The second-order valence-corrected chi connectivity index (χ2v) is 10.7. The zero-order valence-electron chi connectivity index (χ0n) is 22.3. The molecule has 2 aromatic rings. The first-order valence-electron chi connectivity index (χ1n) is 12.7. The third-order valence-electron chi connectivity index (χ3n) is 8.15. The molecule has 0 heterocycles. The number of phenols is 1. The molecule has 41 heavy (non-hydrogen) atoms. The Bertz CT molecular complexity index is 1650. The van der Waals surface area contributed by atoms with Gasteiger partial charge in [-0.25, -0.2) is 0 Å². The number of ketones is 3. The van der Waals surface area contributed by atoms with E-state index in [2.05, 4.69) is 0 Å². The van der Waals surface area contributed by atoms with Gasteiger partial charge in [-0.3, -0.25) is 24.1 Å². The second kappa shape index (κ2) is 9.51. The number of fused-ring (bicyclic) bond motifs is 3. The smallest absolute Gasteiger partial charge is 0.255 e. The molecule has 0 aromatic heterocycles. The molecule has 0 saturated carbocycles. The summed E-state index contributed by atoms with van der Waals surface area (Å²) in [5, 5.41) is 57.0. The van der Waals surface area contributed by atoms with Crippen molar-refractivity contribution in [2.24, 2.45) is 17.6 Å². The summed E-state index contributed by atoms with van der Waals surface area (Å²) in [6, 6.07) is 9.40. The number of carbonyl (C=O) groups is 4. The fourth-order valence-electron chi connectivity index (χ4n) is 6.34. The number of nitrogens with two attached hydrogens (primary N) is 1. The van der Waals surface area contributed by atoms with E-state index in [1.807, 2.05) is 0 Å². The Morgan fingerprint density at radius 3 is 2.32 bits per heavy atom. The number of nitrogens with zero attached hydrogens (tertiary/aromatic N) is 1. The van der Waals surface area contributed by atoms with Crippen molar-refractivity contribution < 1.29 is 44.7 Å². The Labute approximate surface area is 234 Å². The largest absolute Gasteiger partial charge is 0.510 e. The predicted molar refractivity (Wildman–Crippen MR) is 146 cm³/mol. The molecule has 7 N–H and O–H groups in total. The maximum Gasteiger partial charge on any atom is 0.255 e. The van der Waals surface area contributed by atoms with Gasteiger partial charge < -0.3 is 31.3 Å². The normalized spacial score (nSPS) is 28.5. The summed E-state index contributed by atoms with van der Waals surface area (Å²) in [6.45, 7) is 1.39. The lowest BCUT2D eigenvalue weighted by atomic mass is 9.56. The van der Waals surface area contributed by atoms with Crippen molar-refractivity contribution in [1.82, 2.24) is 4.90 Å². The molecule has 3 aliphatic rings. The average molecular weight is 561 g/mol. The average Bonchev–Trinajstić information content (AvgIpc) is 2.90. The number of carbonyl (C=O) groups excluding carboxylic acids is 4. The van der Waals surface area contributed by atoms with Crippen LogP contribution in [0.5, 0.6) is 5.75 Å². The number of aliphatic hydroxyl groups excluding tert-OH is 3. The highest BCUT2D eigenvalue weighted by molar-refractivity contribution is 6.25. The Kier molecular flexibility index (Phi) is 6.49. The molecule has 3 aliphatic carbocycles. The molecule has 5 atom stereocenters. The topological polar surface area (TPSA) is 199 Å². The minimum atomic E-state index is -3.02. The summed E-state index contributed by atoms with van der Waals surface area (Å²) >= 11 is 0. The fourth-order valence-corrected chi connectivity index (χ4v) is 6.34. The first-order chi connectivity index (χ1) is 19.2. The highest BCUT2D eigenvalue weighted by Gasteiger charge is 2.67. The molecule has 11 heteroatoms. The van der Waals surface area contributed by atoms with Gasteiger partial charge in [0.15, 0.2) is 17.2 Å². The molecule has 212 valence electrons. The van der Waals surface area contributed by atoms with Crippen molar-refractivity contribution >= 4 is 34.9 Å². The van der Waals surface area contributed by atoms with E-state index in [4.69, 9.17) is 5.73 Å². The zero-order valence-corrected chi connectivity index (χ0v) is 22.3. The highest BCUT2D eigenvalue weighted by Crippen LogP contribution is 2.55. The van der Waals surface area contributed by atoms with Crippen molar-refractivity contribution in [1.29, 1.82) is 0 Å². The van der Waals surface area contributed by atoms with Gasteiger partial charge in [0, 0.05) is 11.5 Å². The van der Waals surface area contributed by atoms with Crippen LogP contribution >= 0.6 is 0 Å². The molecule has 0 radical (unpaired) electrons. The lowest BCUT2D eigenvalue weighted by Gasteiger charge is -2.52. The number of Topliss-reactive ketones (excluding diaryl/α,β-unsaturated/α-hetero) is 3. The molecule has 0 saturated heterocycles. The van der Waals surface area contributed by atoms with E-state index in [1.165, 1.54) is 44.1 Å². The van der Waals surface area contributed by atoms with Crippen molar-refractivity contribution in [2.75, 3.05) is 14.1 Å². The number of benzene rings is 2. The molecule has 2 aromatic carbocycles. The van der Waals surface area contributed by atoms with Gasteiger partial charge in [-0.05, 0) is 49.9 Å². The van der Waals surface area contributed by atoms with E-state index in [0.717, 1.165) is 0 Å². The SMILES string of the molecule is CC(=O)c1cccc(/C=C2\c3cccc(O)c3C(=O)C3=C(O)[C@]4(O)C(=O)C(C(N)=O)=C(O)[C@H](N(C)C)[C@H]4[C@@H](O)[C@H]32)c1. The summed E-state index contributed by atoms with van der Waals surface area (Å²) in [5.74, 6) is -9.38. The molecule has 0 spiro atoms. The van der Waals surface area contributed by atoms with Gasteiger partial charge in [-0.15, -0.1) is 0 Å². The number of hydrogen-bond donors (Lipinski definition) is 6. The quantitative estimate of drug-likeness (QED) is 0.234. The number of primary amides is 1. The van der Waals surface area contributed by atoms with Crippen LogP contribution in [0, 0.1) is 11.8 Å². The van der Waals surface area contributed by atoms with E-state index >= 15 is 0 Å². The van der Waals surface area contributed by atoms with Crippen LogP contribution < -0.4 is 5.73 Å². The predicted octanol–water partition coefficient (Wildman–Crippen LogP) is 1.29. The van der Waals surface area contributed by atoms with Crippen LogP contribution in [0.1, 0.15) is 38.8 Å².